The van der Waals surface area contributed by atoms with Gasteiger partial charge in [0.25, 0.3) is 0 Å². The van der Waals surface area contributed by atoms with Crippen LogP contribution in [0.15, 0.2) is 41.0 Å². The number of hydrogen-bond acceptors (Lipinski definition) is 4. The molecule has 0 fully saturated rings. The fourth-order valence-corrected chi connectivity index (χ4v) is 1.89. The van der Waals surface area contributed by atoms with Crippen LogP contribution in [0.4, 0.5) is 0 Å². The zero-order valence-corrected chi connectivity index (χ0v) is 10.7. The van der Waals surface area contributed by atoms with Gasteiger partial charge in [-0.1, -0.05) is 18.2 Å². The quantitative estimate of drug-likeness (QED) is 0.878. The first kappa shape index (κ1) is 12.8. The summed E-state index contributed by atoms with van der Waals surface area (Å²) in [5, 5.41) is 9.30. The molecule has 1 aromatic heterocycles. The minimum atomic E-state index is -0.338. The molecule has 0 aliphatic rings. The summed E-state index contributed by atoms with van der Waals surface area (Å²) in [6, 6.07) is 9.81. The van der Waals surface area contributed by atoms with Crippen LogP contribution in [-0.2, 0) is 6.54 Å². The summed E-state index contributed by atoms with van der Waals surface area (Å²) in [6.07, 6.45) is 1.33. The molecule has 4 nitrogen and oxygen atoms in total. The van der Waals surface area contributed by atoms with Crippen LogP contribution in [0.3, 0.4) is 0 Å². The molecule has 0 amide bonds. The average Bonchev–Trinajstić information content (AvgIpc) is 2.77. The van der Waals surface area contributed by atoms with E-state index in [0.29, 0.717) is 19.0 Å². The lowest BCUT2D eigenvalue weighted by molar-refractivity contribution is 0.137. The smallest absolute Gasteiger partial charge is 0.226 e. The Balaban J connectivity index is 2.03. The van der Waals surface area contributed by atoms with Gasteiger partial charge in [0.2, 0.25) is 5.89 Å². The normalized spacial score (nSPS) is 12.9. The minimum absolute atomic E-state index is 0.338. The van der Waals surface area contributed by atoms with E-state index < -0.39 is 0 Å². The lowest BCUT2D eigenvalue weighted by Gasteiger charge is -2.16. The molecule has 18 heavy (non-hydrogen) atoms. The second kappa shape index (κ2) is 5.80. The second-order valence-corrected chi connectivity index (χ2v) is 4.56. The van der Waals surface area contributed by atoms with Gasteiger partial charge in [0.15, 0.2) is 0 Å². The van der Waals surface area contributed by atoms with Crippen molar-refractivity contribution in [2.24, 2.45) is 0 Å². The maximum Gasteiger partial charge on any atom is 0.226 e. The Morgan fingerprint density at radius 3 is 2.72 bits per heavy atom. The molecule has 96 valence electrons. The summed E-state index contributed by atoms with van der Waals surface area (Å²) in [7, 11) is 1.95. The first-order chi connectivity index (χ1) is 8.65. The molecule has 0 aliphatic heterocycles. The molecule has 0 spiro atoms. The summed E-state index contributed by atoms with van der Waals surface area (Å²) in [5.74, 6) is 0.635. The number of nitrogens with zero attached hydrogens (tertiary/aromatic N) is 2. The Kier molecular flexibility index (Phi) is 4.12. The van der Waals surface area contributed by atoms with Crippen LogP contribution in [0, 0.1) is 0 Å². The molecule has 0 radical (unpaired) electrons. The van der Waals surface area contributed by atoms with Crippen LogP contribution in [-0.4, -0.2) is 34.7 Å². The van der Waals surface area contributed by atoms with Gasteiger partial charge in [0.05, 0.1) is 11.8 Å². The summed E-state index contributed by atoms with van der Waals surface area (Å²) < 4.78 is 5.46. The molecule has 0 saturated carbocycles. The van der Waals surface area contributed by atoms with Gasteiger partial charge in [-0.2, -0.15) is 0 Å². The van der Waals surface area contributed by atoms with Crippen LogP contribution < -0.4 is 0 Å². The van der Waals surface area contributed by atoms with E-state index in [-0.39, 0.29) is 6.10 Å². The highest BCUT2D eigenvalue weighted by atomic mass is 16.3. The maximum atomic E-state index is 9.30. The van der Waals surface area contributed by atoms with Crippen LogP contribution >= 0.6 is 0 Å². The van der Waals surface area contributed by atoms with Gasteiger partial charge < -0.3 is 9.52 Å². The van der Waals surface area contributed by atoms with Crippen LogP contribution in [0.2, 0.25) is 0 Å². The minimum Gasteiger partial charge on any atom is -0.444 e. The van der Waals surface area contributed by atoms with Crippen molar-refractivity contribution >= 4 is 0 Å². The van der Waals surface area contributed by atoms with E-state index >= 15 is 0 Å². The lowest BCUT2D eigenvalue weighted by atomic mass is 10.2. The highest BCUT2D eigenvalue weighted by Crippen LogP contribution is 2.18. The summed E-state index contributed by atoms with van der Waals surface area (Å²) in [6.45, 7) is 3.06. The standard InChI is InChI=1S/C14H18N2O2/c1-11(17)8-16(2)9-13-10-18-14(15-13)12-6-4-3-5-7-12/h3-7,10-11,17H,8-9H2,1-2H3. The number of rotatable bonds is 5. The van der Waals surface area contributed by atoms with Gasteiger partial charge in [-0.25, -0.2) is 4.98 Å². The van der Waals surface area contributed by atoms with Crippen molar-refractivity contribution < 1.29 is 9.52 Å². The molecule has 2 aromatic rings. The molecule has 1 N–H and O–H groups in total. The second-order valence-electron chi connectivity index (χ2n) is 4.56. The molecule has 4 heteroatoms. The van der Waals surface area contributed by atoms with Crippen molar-refractivity contribution in [3.63, 3.8) is 0 Å². The Hall–Kier alpha value is -1.65. The maximum absolute atomic E-state index is 9.30. The van der Waals surface area contributed by atoms with E-state index in [9.17, 15) is 5.11 Å². The molecule has 2 rings (SSSR count). The molecule has 1 unspecified atom stereocenters. The number of likely N-dealkylation sites (N-methyl/N-ethyl adjacent to an activating group) is 1. The fourth-order valence-electron chi connectivity index (χ4n) is 1.89. The van der Waals surface area contributed by atoms with Crippen LogP contribution in [0.1, 0.15) is 12.6 Å². The highest BCUT2D eigenvalue weighted by molar-refractivity contribution is 5.52. The molecular weight excluding hydrogens is 228 g/mol. The number of benzene rings is 1. The third-order valence-corrected chi connectivity index (χ3v) is 2.58. The number of aliphatic hydroxyl groups excluding tert-OH is 1. The van der Waals surface area contributed by atoms with Crippen LogP contribution in [0.5, 0.6) is 0 Å². The fraction of sp³-hybridized carbons (Fsp3) is 0.357. The van der Waals surface area contributed by atoms with Crippen molar-refractivity contribution in [3.8, 4) is 11.5 Å². The third kappa shape index (κ3) is 3.42. The van der Waals surface area contributed by atoms with Gasteiger partial charge in [-0.05, 0) is 26.1 Å². The Bertz CT molecular complexity index is 480. The molecule has 0 aliphatic carbocycles. The topological polar surface area (TPSA) is 49.5 Å². The SMILES string of the molecule is CC(O)CN(C)Cc1coc(-c2ccccc2)n1. The highest BCUT2D eigenvalue weighted by Gasteiger charge is 2.09. The molecule has 1 aromatic carbocycles. The molecular formula is C14H18N2O2. The number of aliphatic hydroxyl groups is 1. The zero-order valence-electron chi connectivity index (χ0n) is 10.7. The van der Waals surface area contributed by atoms with Gasteiger partial charge in [-0.15, -0.1) is 0 Å². The van der Waals surface area contributed by atoms with Gasteiger partial charge in [0, 0.05) is 18.7 Å². The molecule has 0 saturated heterocycles. The molecule has 1 atom stereocenters. The van der Waals surface area contributed by atoms with Crippen molar-refractivity contribution in [2.45, 2.75) is 19.6 Å². The van der Waals surface area contributed by atoms with Gasteiger partial charge >= 0.3 is 0 Å². The number of aromatic nitrogens is 1. The first-order valence-electron chi connectivity index (χ1n) is 6.01. The zero-order chi connectivity index (χ0) is 13.0. The Labute approximate surface area is 107 Å². The van der Waals surface area contributed by atoms with Crippen molar-refractivity contribution in [3.05, 3.63) is 42.3 Å². The molecule has 0 bridgehead atoms. The van der Waals surface area contributed by atoms with Gasteiger partial charge in [-0.3, -0.25) is 4.90 Å². The average molecular weight is 246 g/mol. The van der Waals surface area contributed by atoms with E-state index in [0.717, 1.165) is 11.3 Å². The summed E-state index contributed by atoms with van der Waals surface area (Å²) in [4.78, 5) is 6.45. The third-order valence-electron chi connectivity index (χ3n) is 2.58. The van der Waals surface area contributed by atoms with E-state index in [1.54, 1.807) is 13.2 Å². The van der Waals surface area contributed by atoms with Crippen molar-refractivity contribution in [1.82, 2.24) is 9.88 Å². The Morgan fingerprint density at radius 1 is 1.33 bits per heavy atom. The summed E-state index contributed by atoms with van der Waals surface area (Å²) in [5.41, 5.74) is 1.85. The number of hydrogen-bond donors (Lipinski definition) is 1. The van der Waals surface area contributed by atoms with E-state index in [1.165, 1.54) is 0 Å². The lowest BCUT2D eigenvalue weighted by Crippen LogP contribution is -2.26. The number of oxazole rings is 1. The predicted octanol–water partition coefficient (Wildman–Crippen LogP) is 2.15. The summed E-state index contributed by atoms with van der Waals surface area (Å²) >= 11 is 0. The van der Waals surface area contributed by atoms with E-state index in [1.807, 2.05) is 42.3 Å². The van der Waals surface area contributed by atoms with Crippen molar-refractivity contribution in [2.75, 3.05) is 13.6 Å². The Morgan fingerprint density at radius 2 is 2.06 bits per heavy atom. The monoisotopic (exact) mass is 246 g/mol. The predicted molar refractivity (Wildman–Crippen MR) is 70.0 cm³/mol. The van der Waals surface area contributed by atoms with Crippen molar-refractivity contribution in [1.29, 1.82) is 0 Å². The first-order valence-corrected chi connectivity index (χ1v) is 6.01. The van der Waals surface area contributed by atoms with E-state index in [4.69, 9.17) is 4.42 Å². The molecule has 1 heterocycles. The van der Waals surface area contributed by atoms with Crippen LogP contribution in [0.25, 0.3) is 11.5 Å². The van der Waals surface area contributed by atoms with E-state index in [2.05, 4.69) is 4.98 Å². The largest absolute Gasteiger partial charge is 0.444 e. The van der Waals surface area contributed by atoms with Gasteiger partial charge in [0.1, 0.15) is 6.26 Å².